The second-order valence-electron chi connectivity index (χ2n) is 7.62. The number of likely N-dealkylation sites (tertiary alicyclic amines) is 1. The van der Waals surface area contributed by atoms with Gasteiger partial charge in [-0.05, 0) is 49.2 Å². The summed E-state index contributed by atoms with van der Waals surface area (Å²) in [6.45, 7) is 1.87. The molecule has 140 valence electrons. The van der Waals surface area contributed by atoms with Crippen LogP contribution in [0, 0.1) is 11.3 Å². The minimum atomic E-state index is -0.0441. The number of amides is 2. The van der Waals surface area contributed by atoms with E-state index in [0.717, 1.165) is 18.5 Å². The van der Waals surface area contributed by atoms with Gasteiger partial charge in [0.1, 0.15) is 0 Å². The molecule has 2 amide bonds. The van der Waals surface area contributed by atoms with Crippen LogP contribution in [-0.2, 0) is 11.3 Å². The Labute approximate surface area is 163 Å². The molecule has 2 fully saturated rings. The van der Waals surface area contributed by atoms with E-state index in [1.54, 1.807) is 35.4 Å². The fourth-order valence-corrected chi connectivity index (χ4v) is 4.20. The molecule has 2 aromatic rings. The highest BCUT2D eigenvalue weighted by Gasteiger charge is 2.61. The summed E-state index contributed by atoms with van der Waals surface area (Å²) in [4.78, 5) is 33.5. The van der Waals surface area contributed by atoms with Crippen molar-refractivity contribution in [1.82, 2.24) is 14.8 Å². The lowest BCUT2D eigenvalue weighted by molar-refractivity contribution is -0.132. The van der Waals surface area contributed by atoms with Crippen LogP contribution in [0.3, 0.4) is 0 Å². The molecular formula is C21H22ClN3O2. The highest BCUT2D eigenvalue weighted by molar-refractivity contribution is 6.30. The molecule has 4 rings (SSSR count). The van der Waals surface area contributed by atoms with Gasteiger partial charge in [-0.1, -0.05) is 17.7 Å². The second kappa shape index (κ2) is 6.97. The van der Waals surface area contributed by atoms with E-state index in [4.69, 9.17) is 11.6 Å². The molecular weight excluding hydrogens is 362 g/mol. The number of rotatable bonds is 4. The lowest BCUT2D eigenvalue weighted by atomic mass is 10.0. The van der Waals surface area contributed by atoms with Gasteiger partial charge in [0.05, 0.1) is 12.2 Å². The molecule has 1 aliphatic carbocycles. The molecule has 1 aromatic heterocycles. The molecule has 5 nitrogen and oxygen atoms in total. The molecule has 1 aromatic carbocycles. The number of carbonyl (C=O) groups excluding carboxylic acids is 2. The normalized spacial score (nSPS) is 23.5. The lowest BCUT2D eigenvalue weighted by Crippen LogP contribution is -2.32. The van der Waals surface area contributed by atoms with E-state index in [-0.39, 0.29) is 23.1 Å². The van der Waals surface area contributed by atoms with Crippen molar-refractivity contribution in [2.75, 3.05) is 20.1 Å². The summed E-state index contributed by atoms with van der Waals surface area (Å²) in [5.41, 5.74) is 1.48. The summed E-state index contributed by atoms with van der Waals surface area (Å²) in [5, 5.41) is 0.619. The Morgan fingerprint density at radius 1 is 1.26 bits per heavy atom. The fraction of sp³-hybridized carbons (Fsp3) is 0.381. The highest BCUT2D eigenvalue weighted by Crippen LogP contribution is 2.59. The number of benzene rings is 1. The summed E-state index contributed by atoms with van der Waals surface area (Å²) in [5.74, 6) is 0.180. The van der Waals surface area contributed by atoms with Gasteiger partial charge in [0.25, 0.3) is 5.91 Å². The Morgan fingerprint density at radius 2 is 2.04 bits per heavy atom. The van der Waals surface area contributed by atoms with E-state index >= 15 is 0 Å². The zero-order chi connectivity index (χ0) is 19.0. The van der Waals surface area contributed by atoms with E-state index < -0.39 is 0 Å². The zero-order valence-electron chi connectivity index (χ0n) is 15.3. The summed E-state index contributed by atoms with van der Waals surface area (Å²) in [6, 6.07) is 12.7. The molecule has 0 unspecified atom stereocenters. The Bertz CT molecular complexity index is 855. The van der Waals surface area contributed by atoms with Gasteiger partial charge < -0.3 is 9.80 Å². The van der Waals surface area contributed by atoms with E-state index in [0.29, 0.717) is 30.2 Å². The zero-order valence-corrected chi connectivity index (χ0v) is 16.0. The molecule has 2 atom stereocenters. The topological polar surface area (TPSA) is 53.5 Å². The number of aromatic nitrogens is 1. The van der Waals surface area contributed by atoms with Crippen molar-refractivity contribution in [2.24, 2.45) is 11.3 Å². The second-order valence-corrected chi connectivity index (χ2v) is 8.05. The predicted molar refractivity (Wildman–Crippen MR) is 103 cm³/mol. The van der Waals surface area contributed by atoms with Crippen molar-refractivity contribution < 1.29 is 9.59 Å². The summed E-state index contributed by atoms with van der Waals surface area (Å²) in [7, 11) is 1.83. The van der Waals surface area contributed by atoms with Gasteiger partial charge in [0.15, 0.2) is 0 Å². The average Bonchev–Trinajstić information content (AvgIpc) is 3.21. The van der Waals surface area contributed by atoms with Crippen molar-refractivity contribution in [3.8, 4) is 0 Å². The van der Waals surface area contributed by atoms with Crippen molar-refractivity contribution in [3.63, 3.8) is 0 Å². The van der Waals surface area contributed by atoms with E-state index in [2.05, 4.69) is 4.98 Å². The van der Waals surface area contributed by atoms with Gasteiger partial charge in [-0.3, -0.25) is 14.6 Å². The van der Waals surface area contributed by atoms with Crippen LogP contribution >= 0.6 is 11.6 Å². The Hall–Kier alpha value is -2.40. The first-order valence-electron chi connectivity index (χ1n) is 9.18. The van der Waals surface area contributed by atoms with Crippen LogP contribution in [0.1, 0.15) is 28.9 Å². The molecule has 0 N–H and O–H groups in total. The van der Waals surface area contributed by atoms with Crippen LogP contribution in [-0.4, -0.2) is 46.7 Å². The van der Waals surface area contributed by atoms with E-state index in [9.17, 15) is 9.59 Å². The van der Waals surface area contributed by atoms with Gasteiger partial charge in [-0.25, -0.2) is 0 Å². The molecule has 1 spiro atoms. The van der Waals surface area contributed by atoms with Crippen molar-refractivity contribution in [2.45, 2.75) is 19.4 Å². The smallest absolute Gasteiger partial charge is 0.253 e. The summed E-state index contributed by atoms with van der Waals surface area (Å²) in [6.07, 6.45) is 3.49. The highest BCUT2D eigenvalue weighted by atomic mass is 35.5. The third-order valence-corrected chi connectivity index (χ3v) is 6.01. The van der Waals surface area contributed by atoms with Gasteiger partial charge >= 0.3 is 0 Å². The summed E-state index contributed by atoms with van der Waals surface area (Å²) < 4.78 is 0. The fourth-order valence-electron chi connectivity index (χ4n) is 4.07. The Kier molecular flexibility index (Phi) is 4.64. The van der Waals surface area contributed by atoms with Crippen molar-refractivity contribution in [1.29, 1.82) is 0 Å². The molecule has 0 radical (unpaired) electrons. The third kappa shape index (κ3) is 3.56. The van der Waals surface area contributed by atoms with E-state index in [1.807, 2.05) is 30.1 Å². The molecule has 1 aliphatic heterocycles. The van der Waals surface area contributed by atoms with Crippen LogP contribution < -0.4 is 0 Å². The monoisotopic (exact) mass is 383 g/mol. The number of carbonyl (C=O) groups is 2. The minimum Gasteiger partial charge on any atom is -0.340 e. The van der Waals surface area contributed by atoms with Crippen LogP contribution in [0.4, 0.5) is 0 Å². The van der Waals surface area contributed by atoms with Crippen molar-refractivity contribution >= 4 is 23.4 Å². The first kappa shape index (κ1) is 18.0. The minimum absolute atomic E-state index is 0.00855. The molecule has 27 heavy (non-hydrogen) atoms. The largest absolute Gasteiger partial charge is 0.340 e. The Balaban J connectivity index is 1.37. The van der Waals surface area contributed by atoms with Gasteiger partial charge in [0, 0.05) is 48.3 Å². The molecule has 1 saturated carbocycles. The van der Waals surface area contributed by atoms with Gasteiger partial charge in [-0.15, -0.1) is 0 Å². The molecule has 6 heteroatoms. The van der Waals surface area contributed by atoms with Crippen LogP contribution in [0.25, 0.3) is 0 Å². The quantitative estimate of drug-likeness (QED) is 0.814. The number of hydrogen-bond donors (Lipinski definition) is 0. The molecule has 1 saturated heterocycles. The molecule has 2 heterocycles. The van der Waals surface area contributed by atoms with Gasteiger partial charge in [-0.2, -0.15) is 0 Å². The average molecular weight is 384 g/mol. The number of nitrogens with zero attached hydrogens (tertiary/aromatic N) is 3. The van der Waals surface area contributed by atoms with Crippen LogP contribution in [0.15, 0.2) is 48.7 Å². The van der Waals surface area contributed by atoms with Crippen LogP contribution in [0.2, 0.25) is 5.02 Å². The molecule has 2 aliphatic rings. The first-order chi connectivity index (χ1) is 13.0. The third-order valence-electron chi connectivity index (χ3n) is 5.75. The first-order valence-corrected chi connectivity index (χ1v) is 9.56. The van der Waals surface area contributed by atoms with E-state index in [1.165, 1.54) is 0 Å². The maximum atomic E-state index is 12.8. The van der Waals surface area contributed by atoms with Gasteiger partial charge in [0.2, 0.25) is 5.91 Å². The Morgan fingerprint density at radius 3 is 2.74 bits per heavy atom. The van der Waals surface area contributed by atoms with Crippen molar-refractivity contribution in [3.05, 3.63) is 64.9 Å². The standard InChI is InChI=1S/C21H22ClN3O2/c1-24(13-17-4-2-3-10-23-17)20(27)18-12-21(18)9-11-25(14-21)19(26)15-5-7-16(22)8-6-15/h2-8,10,18H,9,11-14H2,1H3/t18-,21+/m1/s1. The predicted octanol–water partition coefficient (Wildman–Crippen LogP) is 3.25. The maximum absolute atomic E-state index is 12.8. The summed E-state index contributed by atoms with van der Waals surface area (Å²) >= 11 is 5.90. The molecule has 0 bridgehead atoms. The number of hydrogen-bond acceptors (Lipinski definition) is 3. The number of pyridine rings is 1. The maximum Gasteiger partial charge on any atom is 0.253 e. The lowest BCUT2D eigenvalue weighted by Gasteiger charge is -2.19. The SMILES string of the molecule is CN(Cc1ccccn1)C(=O)[C@H]1C[C@]12CCN(C(=O)c1ccc(Cl)cc1)C2. The number of halogens is 1. The van der Waals surface area contributed by atoms with Crippen LogP contribution in [0.5, 0.6) is 0 Å².